The molecule has 26 heavy (non-hydrogen) atoms. The Morgan fingerprint density at radius 1 is 1.04 bits per heavy atom. The molecule has 0 aliphatic heterocycles. The van der Waals surface area contributed by atoms with Crippen LogP contribution in [0.1, 0.15) is 41.3 Å². The predicted molar refractivity (Wildman–Crippen MR) is 105 cm³/mol. The zero-order chi connectivity index (χ0) is 19.2. The molecule has 0 aliphatic carbocycles. The van der Waals surface area contributed by atoms with Gasteiger partial charge in [-0.3, -0.25) is 4.79 Å². The molecular weight excluding hydrogens is 371 g/mol. The SMILES string of the molecule is C=C(C(=O)OCCCC)C(Cl)(Cl)c1ccccc1C(=O)c1ccccc1. The van der Waals surface area contributed by atoms with Crippen molar-refractivity contribution >= 4 is 35.0 Å². The molecule has 0 unspecified atom stereocenters. The number of unbranched alkanes of at least 4 members (excludes halogenated alkanes) is 1. The molecule has 2 aromatic carbocycles. The van der Waals surface area contributed by atoms with Crippen molar-refractivity contribution in [3.63, 3.8) is 0 Å². The number of rotatable bonds is 8. The van der Waals surface area contributed by atoms with E-state index in [9.17, 15) is 9.59 Å². The zero-order valence-corrected chi connectivity index (χ0v) is 16.0. The van der Waals surface area contributed by atoms with E-state index < -0.39 is 10.3 Å². The third-order valence-corrected chi connectivity index (χ3v) is 4.77. The maximum atomic E-state index is 12.9. The van der Waals surface area contributed by atoms with E-state index in [1.54, 1.807) is 48.5 Å². The second-order valence-corrected chi connectivity index (χ2v) is 7.11. The van der Waals surface area contributed by atoms with E-state index >= 15 is 0 Å². The Morgan fingerprint density at radius 2 is 1.65 bits per heavy atom. The van der Waals surface area contributed by atoms with E-state index in [0.717, 1.165) is 12.8 Å². The molecule has 136 valence electrons. The van der Waals surface area contributed by atoms with Gasteiger partial charge in [-0.15, -0.1) is 0 Å². The minimum Gasteiger partial charge on any atom is -0.462 e. The van der Waals surface area contributed by atoms with E-state index in [1.165, 1.54) is 0 Å². The quantitative estimate of drug-likeness (QED) is 0.198. The van der Waals surface area contributed by atoms with E-state index in [1.807, 2.05) is 13.0 Å². The van der Waals surface area contributed by atoms with Crippen LogP contribution in [0.5, 0.6) is 0 Å². The monoisotopic (exact) mass is 390 g/mol. The van der Waals surface area contributed by atoms with Crippen molar-refractivity contribution in [3.8, 4) is 0 Å². The van der Waals surface area contributed by atoms with Crippen LogP contribution in [0.15, 0.2) is 66.7 Å². The number of carbonyl (C=O) groups is 2. The maximum absolute atomic E-state index is 12.9. The number of carbonyl (C=O) groups excluding carboxylic acids is 2. The van der Waals surface area contributed by atoms with Crippen LogP contribution in [0.25, 0.3) is 0 Å². The van der Waals surface area contributed by atoms with Crippen LogP contribution < -0.4 is 0 Å². The van der Waals surface area contributed by atoms with Crippen LogP contribution in [0, 0.1) is 0 Å². The summed E-state index contributed by atoms with van der Waals surface area (Å²) in [6, 6.07) is 15.4. The van der Waals surface area contributed by atoms with Gasteiger partial charge in [-0.2, -0.15) is 0 Å². The smallest absolute Gasteiger partial charge is 0.336 e. The van der Waals surface area contributed by atoms with Crippen LogP contribution in [0.2, 0.25) is 0 Å². The molecule has 5 heteroatoms. The fourth-order valence-electron chi connectivity index (χ4n) is 2.39. The van der Waals surface area contributed by atoms with Crippen molar-refractivity contribution in [2.45, 2.75) is 24.1 Å². The summed E-state index contributed by atoms with van der Waals surface area (Å²) in [7, 11) is 0. The van der Waals surface area contributed by atoms with Crippen LogP contribution >= 0.6 is 23.2 Å². The normalized spacial score (nSPS) is 11.0. The van der Waals surface area contributed by atoms with Crippen molar-refractivity contribution in [2.24, 2.45) is 0 Å². The van der Waals surface area contributed by atoms with Gasteiger partial charge in [0.05, 0.1) is 12.2 Å². The van der Waals surface area contributed by atoms with E-state index in [2.05, 4.69) is 6.58 Å². The van der Waals surface area contributed by atoms with Crippen molar-refractivity contribution in [1.82, 2.24) is 0 Å². The highest BCUT2D eigenvalue weighted by molar-refractivity contribution is 6.52. The van der Waals surface area contributed by atoms with Crippen molar-refractivity contribution in [1.29, 1.82) is 0 Å². The molecule has 0 fully saturated rings. The van der Waals surface area contributed by atoms with Crippen LogP contribution in [0.3, 0.4) is 0 Å². The number of esters is 1. The number of hydrogen-bond acceptors (Lipinski definition) is 3. The van der Waals surface area contributed by atoms with Gasteiger partial charge in [0.25, 0.3) is 0 Å². The molecule has 3 nitrogen and oxygen atoms in total. The van der Waals surface area contributed by atoms with Gasteiger partial charge in [-0.25, -0.2) is 4.79 Å². The first-order chi connectivity index (χ1) is 12.4. The summed E-state index contributed by atoms with van der Waals surface area (Å²) in [6.45, 7) is 5.96. The Bertz CT molecular complexity index is 798. The molecule has 0 spiro atoms. The summed E-state index contributed by atoms with van der Waals surface area (Å²) in [4.78, 5) is 25.1. The molecule has 0 aliphatic rings. The molecule has 2 aromatic rings. The summed E-state index contributed by atoms with van der Waals surface area (Å²) < 4.78 is 3.37. The molecule has 0 saturated heterocycles. The molecule has 0 aromatic heterocycles. The number of halogens is 2. The topological polar surface area (TPSA) is 43.4 Å². The van der Waals surface area contributed by atoms with Crippen LogP contribution in [-0.2, 0) is 13.9 Å². The van der Waals surface area contributed by atoms with Gasteiger partial charge in [0.1, 0.15) is 0 Å². The van der Waals surface area contributed by atoms with Crippen LogP contribution in [0.4, 0.5) is 0 Å². The number of ketones is 1. The Labute approximate surface area is 163 Å². The largest absolute Gasteiger partial charge is 0.462 e. The minimum absolute atomic E-state index is 0.120. The number of hydrogen-bond donors (Lipinski definition) is 0. The first kappa shape index (κ1) is 20.2. The average molecular weight is 391 g/mol. The van der Waals surface area contributed by atoms with Gasteiger partial charge < -0.3 is 4.74 Å². The summed E-state index contributed by atoms with van der Waals surface area (Å²) in [5.41, 5.74) is 0.992. The minimum atomic E-state index is -1.77. The standard InChI is InChI=1S/C21H20Cl2O3/c1-3-4-14-26-20(25)15(2)21(22,23)18-13-9-8-12-17(18)19(24)16-10-6-5-7-11-16/h5-13H,2-4,14H2,1H3. The molecule has 0 heterocycles. The summed E-state index contributed by atoms with van der Waals surface area (Å²) in [5.74, 6) is -0.913. The second kappa shape index (κ2) is 9.02. The molecular formula is C21H20Cl2O3. The Hall–Kier alpha value is -2.10. The van der Waals surface area contributed by atoms with Crippen LogP contribution in [-0.4, -0.2) is 18.4 Å². The van der Waals surface area contributed by atoms with Crippen molar-refractivity contribution in [3.05, 3.63) is 83.4 Å². The fraction of sp³-hybridized carbons (Fsp3) is 0.238. The van der Waals surface area contributed by atoms with Gasteiger partial charge in [0.15, 0.2) is 10.1 Å². The van der Waals surface area contributed by atoms with Gasteiger partial charge >= 0.3 is 5.97 Å². The first-order valence-electron chi connectivity index (χ1n) is 8.33. The third-order valence-electron chi connectivity index (χ3n) is 3.90. The lowest BCUT2D eigenvalue weighted by Crippen LogP contribution is -2.24. The highest BCUT2D eigenvalue weighted by Gasteiger charge is 2.38. The number of ether oxygens (including phenoxy) is 1. The Kier molecular flexibility index (Phi) is 7.01. The average Bonchev–Trinajstić information content (AvgIpc) is 2.67. The fourth-order valence-corrected chi connectivity index (χ4v) is 2.87. The third kappa shape index (κ3) is 4.54. The molecule has 0 bridgehead atoms. The molecule has 0 amide bonds. The summed E-state index contributed by atoms with van der Waals surface area (Å²) >= 11 is 12.9. The van der Waals surface area contributed by atoms with Gasteiger partial charge in [0, 0.05) is 16.7 Å². The Morgan fingerprint density at radius 3 is 2.31 bits per heavy atom. The highest BCUT2D eigenvalue weighted by Crippen LogP contribution is 2.42. The first-order valence-corrected chi connectivity index (χ1v) is 9.08. The predicted octanol–water partition coefficient (Wildman–Crippen LogP) is 5.45. The van der Waals surface area contributed by atoms with E-state index in [4.69, 9.17) is 27.9 Å². The maximum Gasteiger partial charge on any atom is 0.336 e. The molecule has 0 N–H and O–H groups in total. The second-order valence-electron chi connectivity index (χ2n) is 5.78. The molecule has 0 atom stereocenters. The van der Waals surface area contributed by atoms with E-state index in [-0.39, 0.29) is 18.0 Å². The van der Waals surface area contributed by atoms with Gasteiger partial charge in [0.2, 0.25) is 0 Å². The summed E-state index contributed by atoms with van der Waals surface area (Å²) in [6.07, 6.45) is 1.63. The number of alkyl halides is 2. The lowest BCUT2D eigenvalue weighted by molar-refractivity contribution is -0.139. The van der Waals surface area contributed by atoms with Gasteiger partial charge in [-0.1, -0.05) is 97.7 Å². The lowest BCUT2D eigenvalue weighted by Gasteiger charge is -2.24. The molecule has 2 rings (SSSR count). The molecule has 0 saturated carbocycles. The Balaban J connectivity index is 2.34. The van der Waals surface area contributed by atoms with Gasteiger partial charge in [-0.05, 0) is 6.42 Å². The van der Waals surface area contributed by atoms with Crippen molar-refractivity contribution < 1.29 is 14.3 Å². The molecule has 0 radical (unpaired) electrons. The zero-order valence-electron chi connectivity index (χ0n) is 14.5. The lowest BCUT2D eigenvalue weighted by atomic mass is 9.94. The van der Waals surface area contributed by atoms with E-state index in [0.29, 0.717) is 16.7 Å². The van der Waals surface area contributed by atoms with Crippen molar-refractivity contribution in [2.75, 3.05) is 6.61 Å². The summed E-state index contributed by atoms with van der Waals surface area (Å²) in [5, 5.41) is 0. The number of benzene rings is 2. The highest BCUT2D eigenvalue weighted by atomic mass is 35.5.